The van der Waals surface area contributed by atoms with E-state index in [1.807, 2.05) is 6.07 Å². The molecule has 0 bridgehead atoms. The molecule has 3 nitrogen and oxygen atoms in total. The van der Waals surface area contributed by atoms with E-state index in [9.17, 15) is 5.11 Å². The Hall–Kier alpha value is -1.24. The molecule has 16 heavy (non-hydrogen) atoms. The van der Waals surface area contributed by atoms with E-state index in [1.165, 1.54) is 0 Å². The Balaban J connectivity index is 2.20. The molecular weight excluding hydrogens is 226 g/mol. The molecule has 0 aromatic heterocycles. The van der Waals surface area contributed by atoms with Gasteiger partial charge in [0.05, 0.1) is 11.7 Å². The van der Waals surface area contributed by atoms with Crippen LogP contribution < -0.4 is 4.74 Å². The fourth-order valence-electron chi connectivity index (χ4n) is 1.89. The SMILES string of the molecule is N#Cc1ccc(Cl)cc1OC1CCCC1O. The van der Waals surface area contributed by atoms with Crippen molar-refractivity contribution in [3.05, 3.63) is 28.8 Å². The van der Waals surface area contributed by atoms with E-state index in [4.69, 9.17) is 21.6 Å². The highest BCUT2D eigenvalue weighted by Crippen LogP contribution is 2.28. The van der Waals surface area contributed by atoms with Crippen molar-refractivity contribution in [2.24, 2.45) is 0 Å². The minimum atomic E-state index is -0.439. The highest BCUT2D eigenvalue weighted by atomic mass is 35.5. The molecule has 2 atom stereocenters. The molecule has 84 valence electrons. The third kappa shape index (κ3) is 2.29. The van der Waals surface area contributed by atoms with Gasteiger partial charge in [-0.3, -0.25) is 0 Å². The highest BCUT2D eigenvalue weighted by molar-refractivity contribution is 6.30. The lowest BCUT2D eigenvalue weighted by Crippen LogP contribution is -2.25. The van der Waals surface area contributed by atoms with Crippen LogP contribution in [0.4, 0.5) is 0 Å². The minimum Gasteiger partial charge on any atom is -0.486 e. The molecule has 1 saturated carbocycles. The van der Waals surface area contributed by atoms with Crippen LogP contribution in [-0.2, 0) is 0 Å². The van der Waals surface area contributed by atoms with Gasteiger partial charge in [0.25, 0.3) is 0 Å². The number of hydrogen-bond acceptors (Lipinski definition) is 3. The molecule has 1 aromatic carbocycles. The predicted molar refractivity (Wildman–Crippen MR) is 60.4 cm³/mol. The number of benzene rings is 1. The van der Waals surface area contributed by atoms with Crippen molar-refractivity contribution in [3.63, 3.8) is 0 Å². The zero-order chi connectivity index (χ0) is 11.5. The standard InChI is InChI=1S/C12H12ClNO2/c13-9-5-4-8(7-14)12(6-9)16-11-3-1-2-10(11)15/h4-6,10-11,15H,1-3H2. The molecule has 4 heteroatoms. The Morgan fingerprint density at radius 3 is 2.88 bits per heavy atom. The summed E-state index contributed by atoms with van der Waals surface area (Å²) in [7, 11) is 0. The maximum absolute atomic E-state index is 9.64. The van der Waals surface area contributed by atoms with Crippen LogP contribution in [0, 0.1) is 11.3 Å². The maximum atomic E-state index is 9.64. The van der Waals surface area contributed by atoms with Crippen molar-refractivity contribution >= 4 is 11.6 Å². The quantitative estimate of drug-likeness (QED) is 0.860. The van der Waals surface area contributed by atoms with Crippen LogP contribution in [0.15, 0.2) is 18.2 Å². The number of aliphatic hydroxyl groups is 1. The van der Waals surface area contributed by atoms with E-state index in [0.717, 1.165) is 19.3 Å². The van der Waals surface area contributed by atoms with Gasteiger partial charge in [-0.2, -0.15) is 5.26 Å². The number of rotatable bonds is 2. The molecule has 1 aliphatic rings. The molecule has 2 rings (SSSR count). The van der Waals surface area contributed by atoms with Gasteiger partial charge < -0.3 is 9.84 Å². The van der Waals surface area contributed by atoms with Crippen LogP contribution in [0.5, 0.6) is 5.75 Å². The monoisotopic (exact) mass is 237 g/mol. The van der Waals surface area contributed by atoms with E-state index < -0.39 is 6.10 Å². The average Bonchev–Trinajstić information content (AvgIpc) is 2.65. The predicted octanol–water partition coefficient (Wildman–Crippen LogP) is 2.50. The second kappa shape index (κ2) is 4.73. The zero-order valence-corrected chi connectivity index (χ0v) is 9.44. The molecule has 2 unspecified atom stereocenters. The van der Waals surface area contributed by atoms with Crippen LogP contribution in [0.2, 0.25) is 5.02 Å². The van der Waals surface area contributed by atoms with Gasteiger partial charge in [-0.25, -0.2) is 0 Å². The fraction of sp³-hybridized carbons (Fsp3) is 0.417. The lowest BCUT2D eigenvalue weighted by molar-refractivity contribution is 0.0602. The lowest BCUT2D eigenvalue weighted by atomic mass is 10.2. The molecule has 0 amide bonds. The molecule has 1 aliphatic carbocycles. The summed E-state index contributed by atoms with van der Waals surface area (Å²) >= 11 is 5.84. The molecule has 1 fully saturated rings. The Kier molecular flexibility index (Phi) is 3.33. The first-order valence-electron chi connectivity index (χ1n) is 5.25. The fourth-order valence-corrected chi connectivity index (χ4v) is 2.06. The molecule has 1 aromatic rings. The maximum Gasteiger partial charge on any atom is 0.139 e. The van der Waals surface area contributed by atoms with Crippen LogP contribution >= 0.6 is 11.6 Å². The first kappa shape index (κ1) is 11.3. The molecular formula is C12H12ClNO2. The number of aliphatic hydroxyl groups excluding tert-OH is 1. The lowest BCUT2D eigenvalue weighted by Gasteiger charge is -2.17. The number of nitrogens with zero attached hydrogens (tertiary/aromatic N) is 1. The molecule has 0 heterocycles. The molecule has 0 radical (unpaired) electrons. The van der Waals surface area contributed by atoms with Gasteiger partial charge in [0, 0.05) is 11.1 Å². The van der Waals surface area contributed by atoms with Gasteiger partial charge in [0.2, 0.25) is 0 Å². The smallest absolute Gasteiger partial charge is 0.139 e. The Morgan fingerprint density at radius 1 is 1.44 bits per heavy atom. The van der Waals surface area contributed by atoms with Crippen LogP contribution in [0.25, 0.3) is 0 Å². The summed E-state index contributed by atoms with van der Waals surface area (Å²) in [6, 6.07) is 6.94. The summed E-state index contributed by atoms with van der Waals surface area (Å²) in [5.74, 6) is 0.459. The Labute approximate surface area is 99.2 Å². The summed E-state index contributed by atoms with van der Waals surface area (Å²) in [6.45, 7) is 0. The molecule has 0 saturated heterocycles. The topological polar surface area (TPSA) is 53.2 Å². The number of hydrogen-bond donors (Lipinski definition) is 1. The van der Waals surface area contributed by atoms with Crippen LogP contribution in [0.3, 0.4) is 0 Å². The molecule has 1 N–H and O–H groups in total. The van der Waals surface area contributed by atoms with Crippen LogP contribution in [-0.4, -0.2) is 17.3 Å². The summed E-state index contributed by atoms with van der Waals surface area (Å²) in [5.41, 5.74) is 0.448. The Bertz CT molecular complexity index is 428. The zero-order valence-electron chi connectivity index (χ0n) is 8.69. The summed E-state index contributed by atoms with van der Waals surface area (Å²) < 4.78 is 5.63. The second-order valence-corrected chi connectivity index (χ2v) is 4.34. The highest BCUT2D eigenvalue weighted by Gasteiger charge is 2.27. The van der Waals surface area contributed by atoms with Gasteiger partial charge in [0.15, 0.2) is 0 Å². The third-order valence-electron chi connectivity index (χ3n) is 2.76. The summed E-state index contributed by atoms with van der Waals surface area (Å²) in [4.78, 5) is 0. The third-order valence-corrected chi connectivity index (χ3v) is 3.00. The largest absolute Gasteiger partial charge is 0.486 e. The molecule has 0 spiro atoms. The van der Waals surface area contributed by atoms with E-state index in [-0.39, 0.29) is 6.10 Å². The Morgan fingerprint density at radius 2 is 2.25 bits per heavy atom. The van der Waals surface area contributed by atoms with Gasteiger partial charge in [-0.15, -0.1) is 0 Å². The van der Waals surface area contributed by atoms with Crippen LogP contribution in [0.1, 0.15) is 24.8 Å². The van der Waals surface area contributed by atoms with Crippen molar-refractivity contribution < 1.29 is 9.84 Å². The van der Waals surface area contributed by atoms with Crippen molar-refractivity contribution in [1.29, 1.82) is 5.26 Å². The van der Waals surface area contributed by atoms with E-state index in [2.05, 4.69) is 0 Å². The van der Waals surface area contributed by atoms with Crippen molar-refractivity contribution in [2.45, 2.75) is 31.5 Å². The van der Waals surface area contributed by atoms with E-state index in [0.29, 0.717) is 16.3 Å². The number of nitriles is 1. The first-order chi connectivity index (χ1) is 7.70. The van der Waals surface area contributed by atoms with E-state index in [1.54, 1.807) is 18.2 Å². The van der Waals surface area contributed by atoms with Gasteiger partial charge >= 0.3 is 0 Å². The van der Waals surface area contributed by atoms with Gasteiger partial charge in [-0.05, 0) is 31.4 Å². The first-order valence-corrected chi connectivity index (χ1v) is 5.63. The number of ether oxygens (including phenoxy) is 1. The minimum absolute atomic E-state index is 0.217. The van der Waals surface area contributed by atoms with E-state index >= 15 is 0 Å². The average molecular weight is 238 g/mol. The normalized spacial score (nSPS) is 24.1. The van der Waals surface area contributed by atoms with Crippen molar-refractivity contribution in [2.75, 3.05) is 0 Å². The van der Waals surface area contributed by atoms with Crippen molar-refractivity contribution in [3.8, 4) is 11.8 Å². The number of halogens is 1. The van der Waals surface area contributed by atoms with Crippen molar-refractivity contribution in [1.82, 2.24) is 0 Å². The second-order valence-electron chi connectivity index (χ2n) is 3.91. The summed E-state index contributed by atoms with van der Waals surface area (Å²) in [6.07, 6.45) is 1.87. The summed E-state index contributed by atoms with van der Waals surface area (Å²) in [5, 5.41) is 19.1. The molecule has 0 aliphatic heterocycles. The van der Waals surface area contributed by atoms with Gasteiger partial charge in [0.1, 0.15) is 17.9 Å². The van der Waals surface area contributed by atoms with Gasteiger partial charge in [-0.1, -0.05) is 11.6 Å².